The van der Waals surface area contributed by atoms with E-state index in [1.54, 1.807) is 6.07 Å². The Morgan fingerprint density at radius 3 is 2.89 bits per heavy atom. The fraction of sp³-hybridized carbons (Fsp3) is 0.462. The number of hydrogen-bond donors (Lipinski definition) is 1. The van der Waals surface area contributed by atoms with Gasteiger partial charge in [-0.15, -0.1) is 0 Å². The first-order valence-electron chi connectivity index (χ1n) is 5.89. The summed E-state index contributed by atoms with van der Waals surface area (Å²) in [5.74, 6) is 1.75. The van der Waals surface area contributed by atoms with E-state index >= 15 is 0 Å². The molecule has 2 unspecified atom stereocenters. The van der Waals surface area contributed by atoms with E-state index in [-0.39, 0.29) is 12.6 Å². The lowest BCUT2D eigenvalue weighted by Gasteiger charge is -2.32. The van der Waals surface area contributed by atoms with Crippen LogP contribution in [0.3, 0.4) is 0 Å². The molecule has 1 aromatic rings. The Balaban J connectivity index is 2.27. The van der Waals surface area contributed by atoms with Crippen LogP contribution in [0.1, 0.15) is 6.92 Å². The number of rotatable bonds is 4. The van der Waals surface area contributed by atoms with E-state index in [9.17, 15) is 4.79 Å². The van der Waals surface area contributed by atoms with E-state index in [0.717, 1.165) is 17.2 Å². The molecule has 0 aromatic heterocycles. The standard InChI is InChI=1S/C13H16ClNO2S/c1-9-7-18-8-12(9)15(6-13(16)17)11-4-2-3-10(14)5-11/h2-5,9,12H,6-8H2,1H3,(H,16,17). The molecule has 1 aromatic carbocycles. The molecule has 1 fully saturated rings. The molecule has 3 nitrogen and oxygen atoms in total. The van der Waals surface area contributed by atoms with E-state index in [1.165, 1.54) is 0 Å². The maximum atomic E-state index is 11.0. The van der Waals surface area contributed by atoms with Crippen LogP contribution in [-0.2, 0) is 4.79 Å². The number of hydrogen-bond acceptors (Lipinski definition) is 3. The molecular formula is C13H16ClNO2S. The number of carboxylic acid groups (broad SMARTS) is 1. The van der Waals surface area contributed by atoms with Crippen LogP contribution in [0.5, 0.6) is 0 Å². The SMILES string of the molecule is CC1CSCC1N(CC(=O)O)c1cccc(Cl)c1. The number of thioether (sulfide) groups is 1. The highest BCUT2D eigenvalue weighted by Crippen LogP contribution is 2.32. The molecule has 1 heterocycles. The second-order valence-electron chi connectivity index (χ2n) is 4.58. The highest BCUT2D eigenvalue weighted by atomic mass is 35.5. The van der Waals surface area contributed by atoms with Crippen LogP contribution < -0.4 is 4.90 Å². The molecule has 98 valence electrons. The minimum absolute atomic E-state index is 0.0237. The van der Waals surface area contributed by atoms with Crippen molar-refractivity contribution in [3.63, 3.8) is 0 Å². The number of carbonyl (C=O) groups is 1. The molecule has 1 N–H and O–H groups in total. The van der Waals surface area contributed by atoms with Gasteiger partial charge >= 0.3 is 5.97 Å². The van der Waals surface area contributed by atoms with Crippen LogP contribution in [0.15, 0.2) is 24.3 Å². The zero-order chi connectivity index (χ0) is 13.1. The third kappa shape index (κ3) is 3.12. The number of carboxylic acids is 1. The van der Waals surface area contributed by atoms with Gasteiger partial charge in [-0.05, 0) is 29.9 Å². The topological polar surface area (TPSA) is 40.5 Å². The van der Waals surface area contributed by atoms with Gasteiger partial charge in [0.1, 0.15) is 6.54 Å². The molecule has 0 saturated carbocycles. The van der Waals surface area contributed by atoms with Crippen molar-refractivity contribution in [2.75, 3.05) is 23.0 Å². The molecule has 0 bridgehead atoms. The fourth-order valence-electron chi connectivity index (χ4n) is 2.25. The summed E-state index contributed by atoms with van der Waals surface area (Å²) in [5.41, 5.74) is 0.893. The Kier molecular flexibility index (Phi) is 4.40. The molecule has 0 radical (unpaired) electrons. The zero-order valence-corrected chi connectivity index (χ0v) is 11.7. The van der Waals surface area contributed by atoms with E-state index in [1.807, 2.05) is 34.9 Å². The Bertz CT molecular complexity index is 441. The van der Waals surface area contributed by atoms with Gasteiger partial charge < -0.3 is 10.0 Å². The molecule has 0 aliphatic carbocycles. The number of benzene rings is 1. The number of aliphatic carboxylic acids is 1. The lowest BCUT2D eigenvalue weighted by Crippen LogP contribution is -2.42. The van der Waals surface area contributed by atoms with Gasteiger partial charge in [-0.2, -0.15) is 11.8 Å². The molecule has 1 saturated heterocycles. The molecule has 18 heavy (non-hydrogen) atoms. The quantitative estimate of drug-likeness (QED) is 0.923. The maximum Gasteiger partial charge on any atom is 0.323 e. The first-order valence-corrected chi connectivity index (χ1v) is 7.43. The van der Waals surface area contributed by atoms with Crippen molar-refractivity contribution in [1.82, 2.24) is 0 Å². The van der Waals surface area contributed by atoms with Crippen molar-refractivity contribution in [2.24, 2.45) is 5.92 Å². The second kappa shape index (κ2) is 5.85. The first-order chi connectivity index (χ1) is 8.58. The average molecular weight is 286 g/mol. The summed E-state index contributed by atoms with van der Waals surface area (Å²) in [5, 5.41) is 9.72. The molecule has 1 aliphatic heterocycles. The Hall–Kier alpha value is -0.870. The Morgan fingerprint density at radius 1 is 1.56 bits per heavy atom. The maximum absolute atomic E-state index is 11.0. The van der Waals surface area contributed by atoms with Crippen molar-refractivity contribution in [1.29, 1.82) is 0 Å². The van der Waals surface area contributed by atoms with Crippen LogP contribution in [0.2, 0.25) is 5.02 Å². The zero-order valence-electron chi connectivity index (χ0n) is 10.2. The third-order valence-electron chi connectivity index (χ3n) is 3.17. The number of anilines is 1. The van der Waals surface area contributed by atoms with Crippen molar-refractivity contribution < 1.29 is 9.90 Å². The average Bonchev–Trinajstić information content (AvgIpc) is 2.72. The molecule has 5 heteroatoms. The molecule has 2 atom stereocenters. The van der Waals surface area contributed by atoms with Crippen molar-refractivity contribution >= 4 is 35.0 Å². The van der Waals surface area contributed by atoms with Gasteiger partial charge in [-0.1, -0.05) is 24.6 Å². The first kappa shape index (κ1) is 13.6. The van der Waals surface area contributed by atoms with E-state index in [4.69, 9.17) is 16.7 Å². The normalized spacial score (nSPS) is 23.0. The van der Waals surface area contributed by atoms with E-state index < -0.39 is 5.97 Å². The van der Waals surface area contributed by atoms with Gasteiger partial charge in [0.05, 0.1) is 0 Å². The molecule has 0 spiro atoms. The third-order valence-corrected chi connectivity index (χ3v) is 4.75. The molecule has 1 aliphatic rings. The largest absolute Gasteiger partial charge is 0.480 e. The van der Waals surface area contributed by atoms with Gasteiger partial charge in [0, 0.05) is 22.5 Å². The van der Waals surface area contributed by atoms with Gasteiger partial charge in [0.2, 0.25) is 0 Å². The summed E-state index contributed by atoms with van der Waals surface area (Å²) in [6.07, 6.45) is 0. The monoisotopic (exact) mass is 285 g/mol. The summed E-state index contributed by atoms with van der Waals surface area (Å²) < 4.78 is 0. The van der Waals surface area contributed by atoms with E-state index in [0.29, 0.717) is 10.9 Å². The predicted octanol–water partition coefficient (Wildman–Crippen LogP) is 2.98. The number of halogens is 1. The second-order valence-corrected chi connectivity index (χ2v) is 6.09. The van der Waals surface area contributed by atoms with Crippen molar-refractivity contribution in [3.05, 3.63) is 29.3 Å². The lowest BCUT2D eigenvalue weighted by molar-refractivity contribution is -0.135. The van der Waals surface area contributed by atoms with Crippen LogP contribution >= 0.6 is 23.4 Å². The Labute approximate surface area is 116 Å². The van der Waals surface area contributed by atoms with Gasteiger partial charge in [0.25, 0.3) is 0 Å². The van der Waals surface area contributed by atoms with Crippen molar-refractivity contribution in [2.45, 2.75) is 13.0 Å². The lowest BCUT2D eigenvalue weighted by atomic mass is 10.0. The molecule has 2 rings (SSSR count). The highest BCUT2D eigenvalue weighted by molar-refractivity contribution is 7.99. The van der Waals surface area contributed by atoms with E-state index in [2.05, 4.69) is 6.92 Å². The summed E-state index contributed by atoms with van der Waals surface area (Å²) in [6, 6.07) is 7.69. The minimum atomic E-state index is -0.806. The molecule has 0 amide bonds. The minimum Gasteiger partial charge on any atom is -0.480 e. The number of nitrogens with zero attached hydrogens (tertiary/aromatic N) is 1. The van der Waals surface area contributed by atoms with Crippen LogP contribution in [-0.4, -0.2) is 35.2 Å². The highest BCUT2D eigenvalue weighted by Gasteiger charge is 2.31. The summed E-state index contributed by atoms with van der Waals surface area (Å²) in [7, 11) is 0. The predicted molar refractivity (Wildman–Crippen MR) is 76.7 cm³/mol. The van der Waals surface area contributed by atoms with Crippen LogP contribution in [0, 0.1) is 5.92 Å². The Morgan fingerprint density at radius 2 is 2.33 bits per heavy atom. The van der Waals surface area contributed by atoms with Gasteiger partial charge in [-0.25, -0.2) is 0 Å². The van der Waals surface area contributed by atoms with Gasteiger partial charge in [-0.3, -0.25) is 4.79 Å². The van der Waals surface area contributed by atoms with Crippen molar-refractivity contribution in [3.8, 4) is 0 Å². The van der Waals surface area contributed by atoms with Crippen LogP contribution in [0.4, 0.5) is 5.69 Å². The summed E-state index contributed by atoms with van der Waals surface area (Å²) in [6.45, 7) is 2.19. The molecular weight excluding hydrogens is 270 g/mol. The van der Waals surface area contributed by atoms with Crippen LogP contribution in [0.25, 0.3) is 0 Å². The van der Waals surface area contributed by atoms with Gasteiger partial charge in [0.15, 0.2) is 0 Å². The smallest absolute Gasteiger partial charge is 0.323 e. The summed E-state index contributed by atoms with van der Waals surface area (Å²) >= 11 is 7.87. The summed E-state index contributed by atoms with van der Waals surface area (Å²) in [4.78, 5) is 13.0. The fourth-order valence-corrected chi connectivity index (χ4v) is 3.91.